The number of nitrogens with two attached hydrogens (primary N) is 1. The van der Waals surface area contributed by atoms with E-state index in [2.05, 4.69) is 5.16 Å². The van der Waals surface area contributed by atoms with Crippen LogP contribution in [-0.4, -0.2) is 55.0 Å². The lowest BCUT2D eigenvalue weighted by Gasteiger charge is -2.25. The number of hydrogen-bond donors (Lipinski definition) is 3. The number of nitrogens with zero attached hydrogens (tertiary/aromatic N) is 1. The highest BCUT2D eigenvalue weighted by atomic mass is 19.2. The summed E-state index contributed by atoms with van der Waals surface area (Å²) in [4.78, 5) is 0. The van der Waals surface area contributed by atoms with Gasteiger partial charge in [0, 0.05) is 18.8 Å². The molecule has 0 bridgehead atoms. The summed E-state index contributed by atoms with van der Waals surface area (Å²) < 4.78 is 61.2. The molecule has 1 aromatic rings. The van der Waals surface area contributed by atoms with Crippen LogP contribution in [0.5, 0.6) is 0 Å². The molecular formula is C19H27F3N2O6. The second kappa shape index (κ2) is 12.1. The first-order chi connectivity index (χ1) is 14.4. The molecule has 0 amide bonds. The van der Waals surface area contributed by atoms with Crippen molar-refractivity contribution >= 4 is 5.84 Å². The third kappa shape index (κ3) is 6.54. The highest BCUT2D eigenvalue weighted by Gasteiger charge is 2.28. The van der Waals surface area contributed by atoms with Gasteiger partial charge in [0.25, 0.3) is 0 Å². The molecule has 2 atom stereocenters. The monoisotopic (exact) mass is 436 g/mol. The molecule has 4 N–H and O–H groups in total. The van der Waals surface area contributed by atoms with Crippen molar-refractivity contribution in [1.82, 2.24) is 0 Å². The predicted octanol–water partition coefficient (Wildman–Crippen LogP) is 2.54. The van der Waals surface area contributed by atoms with Crippen LogP contribution in [0.4, 0.5) is 13.2 Å². The molecule has 0 saturated carbocycles. The minimum Gasteiger partial charge on any atom is -0.409 e. The van der Waals surface area contributed by atoms with Gasteiger partial charge in [-0.15, -0.1) is 0 Å². The van der Waals surface area contributed by atoms with E-state index < -0.39 is 35.1 Å². The zero-order valence-corrected chi connectivity index (χ0v) is 16.7. The Morgan fingerprint density at radius 1 is 1.17 bits per heavy atom. The Labute approximate surface area is 172 Å². The van der Waals surface area contributed by atoms with Gasteiger partial charge in [-0.25, -0.2) is 13.2 Å². The average molecular weight is 436 g/mol. The van der Waals surface area contributed by atoms with Gasteiger partial charge in [0.1, 0.15) is 0 Å². The zero-order valence-electron chi connectivity index (χ0n) is 16.7. The third-order valence-electron chi connectivity index (χ3n) is 4.49. The van der Waals surface area contributed by atoms with Crippen molar-refractivity contribution in [2.24, 2.45) is 10.9 Å². The number of rotatable bonds is 6. The lowest BCUT2D eigenvalue weighted by atomic mass is 10.1. The van der Waals surface area contributed by atoms with Gasteiger partial charge in [-0.3, -0.25) is 0 Å². The molecule has 0 aliphatic carbocycles. The number of halogens is 3. The van der Waals surface area contributed by atoms with Crippen LogP contribution >= 0.6 is 0 Å². The Morgan fingerprint density at radius 3 is 2.43 bits per heavy atom. The molecule has 1 aromatic carbocycles. The summed E-state index contributed by atoms with van der Waals surface area (Å²) in [5.74, 6) is -5.36. The summed E-state index contributed by atoms with van der Waals surface area (Å²) in [5, 5.41) is 19.6. The second-order valence-electron chi connectivity index (χ2n) is 6.77. The van der Waals surface area contributed by atoms with Crippen molar-refractivity contribution in [3.05, 3.63) is 34.6 Å². The van der Waals surface area contributed by atoms with Crippen molar-refractivity contribution in [3.8, 4) is 0 Å². The highest BCUT2D eigenvalue weighted by molar-refractivity contribution is 5.97. The predicted molar refractivity (Wildman–Crippen MR) is 99.3 cm³/mol. The smallest absolute Gasteiger partial charge is 0.195 e. The number of ether oxygens (including phenoxy) is 4. The molecule has 2 unspecified atom stereocenters. The maximum absolute atomic E-state index is 13.5. The Hall–Kier alpha value is -1.92. The summed E-state index contributed by atoms with van der Waals surface area (Å²) in [5.41, 5.74) is 4.27. The van der Waals surface area contributed by atoms with Gasteiger partial charge in [-0.1, -0.05) is 5.16 Å². The van der Waals surface area contributed by atoms with Crippen molar-refractivity contribution in [2.45, 2.75) is 51.3 Å². The van der Waals surface area contributed by atoms with Gasteiger partial charge >= 0.3 is 0 Å². The van der Waals surface area contributed by atoms with Gasteiger partial charge in [0.05, 0.1) is 24.9 Å². The molecule has 170 valence electrons. The largest absolute Gasteiger partial charge is 0.409 e. The number of aliphatic hydroxyl groups excluding tert-OH is 1. The molecule has 0 spiro atoms. The van der Waals surface area contributed by atoms with Crippen molar-refractivity contribution < 1.29 is 42.4 Å². The summed E-state index contributed by atoms with van der Waals surface area (Å²) in [7, 11) is 0. The van der Waals surface area contributed by atoms with Gasteiger partial charge in [0.2, 0.25) is 0 Å². The van der Waals surface area contributed by atoms with Crippen LogP contribution in [0.15, 0.2) is 11.2 Å². The molecule has 2 heterocycles. The molecule has 2 aliphatic heterocycles. The van der Waals surface area contributed by atoms with Crippen LogP contribution in [0.3, 0.4) is 0 Å². The Morgan fingerprint density at radius 2 is 1.87 bits per heavy atom. The maximum Gasteiger partial charge on any atom is 0.195 e. The van der Waals surface area contributed by atoms with E-state index in [9.17, 15) is 13.2 Å². The van der Waals surface area contributed by atoms with Crippen LogP contribution in [-0.2, 0) is 18.9 Å². The van der Waals surface area contributed by atoms with E-state index in [0.717, 1.165) is 25.5 Å². The summed E-state index contributed by atoms with van der Waals surface area (Å²) in [6, 6.07) is 0.888. The topological polar surface area (TPSA) is 116 Å². The average Bonchev–Trinajstić information content (AvgIpc) is 3.28. The maximum atomic E-state index is 13.5. The zero-order chi connectivity index (χ0) is 22.1. The van der Waals surface area contributed by atoms with Gasteiger partial charge in [0.15, 0.2) is 35.9 Å². The highest BCUT2D eigenvalue weighted by Crippen LogP contribution is 2.29. The molecule has 2 aliphatic rings. The summed E-state index contributed by atoms with van der Waals surface area (Å²) in [6.07, 6.45) is 2.98. The van der Waals surface area contributed by atoms with Crippen molar-refractivity contribution in [2.75, 3.05) is 26.4 Å². The van der Waals surface area contributed by atoms with E-state index >= 15 is 0 Å². The van der Waals surface area contributed by atoms with Crippen LogP contribution in [0, 0.1) is 17.5 Å². The van der Waals surface area contributed by atoms with E-state index in [4.69, 9.17) is 35.0 Å². The number of aliphatic hydroxyl groups is 1. The van der Waals surface area contributed by atoms with Crippen LogP contribution in [0.1, 0.15) is 50.0 Å². The Kier molecular flexibility index (Phi) is 9.79. The third-order valence-corrected chi connectivity index (χ3v) is 4.49. The first-order valence-electron chi connectivity index (χ1n) is 9.65. The molecule has 11 heteroatoms. The standard InChI is InChI=1S/C10H9F3N2O3.C9H18O3/c11-6-4(9(14)15-16)3-5(7(12)8(6)13)10-17-1-2-18-10;1-8(5-6-10)12-9-4-2-3-7-11-9/h3,10,16H,1-2H2,(H2,14,15);8-10H,2-7H2,1H3. The van der Waals surface area contributed by atoms with E-state index in [0.29, 0.717) is 6.42 Å². The van der Waals surface area contributed by atoms with Gasteiger partial charge < -0.3 is 35.0 Å². The molecule has 0 aromatic heterocycles. The molecule has 2 saturated heterocycles. The van der Waals surface area contributed by atoms with Crippen molar-refractivity contribution in [1.29, 1.82) is 0 Å². The number of hydrogen-bond acceptors (Lipinski definition) is 7. The second-order valence-corrected chi connectivity index (χ2v) is 6.77. The summed E-state index contributed by atoms with van der Waals surface area (Å²) >= 11 is 0. The van der Waals surface area contributed by atoms with Crippen LogP contribution in [0.2, 0.25) is 0 Å². The van der Waals surface area contributed by atoms with Gasteiger partial charge in [-0.2, -0.15) is 0 Å². The molecule has 2 fully saturated rings. The van der Waals surface area contributed by atoms with E-state index in [-0.39, 0.29) is 37.8 Å². The molecule has 8 nitrogen and oxygen atoms in total. The molecule has 0 radical (unpaired) electrons. The number of benzene rings is 1. The fraction of sp³-hybridized carbons (Fsp3) is 0.632. The van der Waals surface area contributed by atoms with E-state index in [1.54, 1.807) is 0 Å². The van der Waals surface area contributed by atoms with E-state index in [1.165, 1.54) is 6.42 Å². The van der Waals surface area contributed by atoms with Crippen LogP contribution < -0.4 is 5.73 Å². The number of oxime groups is 1. The molecule has 3 rings (SSSR count). The first kappa shape index (κ1) is 24.4. The first-order valence-corrected chi connectivity index (χ1v) is 9.65. The SMILES string of the molecule is CC(CCO)OC1CCCCO1.N/C(=N\O)c1cc(C2OCCO2)c(F)c(F)c1F. The lowest BCUT2D eigenvalue weighted by molar-refractivity contribution is -0.186. The number of amidine groups is 1. The quantitative estimate of drug-likeness (QED) is 0.206. The lowest BCUT2D eigenvalue weighted by Crippen LogP contribution is -2.26. The fourth-order valence-electron chi connectivity index (χ4n) is 2.90. The molecule has 30 heavy (non-hydrogen) atoms. The van der Waals surface area contributed by atoms with Crippen LogP contribution in [0.25, 0.3) is 0 Å². The Bertz CT molecular complexity index is 710. The van der Waals surface area contributed by atoms with Gasteiger partial charge in [-0.05, 0) is 38.7 Å². The molecular weight excluding hydrogens is 409 g/mol. The minimum absolute atomic E-state index is 0.0275. The normalized spacial score (nSPS) is 21.2. The Balaban J connectivity index is 0.000000232. The fourth-order valence-corrected chi connectivity index (χ4v) is 2.90. The van der Waals surface area contributed by atoms with E-state index in [1.807, 2.05) is 6.92 Å². The minimum atomic E-state index is -1.73. The van der Waals surface area contributed by atoms with Crippen molar-refractivity contribution in [3.63, 3.8) is 0 Å². The summed E-state index contributed by atoms with van der Waals surface area (Å²) in [6.45, 7) is 3.39.